The van der Waals surface area contributed by atoms with E-state index in [9.17, 15) is 4.79 Å². The summed E-state index contributed by atoms with van der Waals surface area (Å²) in [6.45, 7) is 6.20. The van der Waals surface area contributed by atoms with Crippen molar-refractivity contribution in [2.24, 2.45) is 5.73 Å². The van der Waals surface area contributed by atoms with Crippen LogP contribution in [0.4, 0.5) is 5.13 Å². The van der Waals surface area contributed by atoms with E-state index in [0.717, 1.165) is 69.2 Å². The fourth-order valence-corrected chi connectivity index (χ4v) is 3.42. The summed E-state index contributed by atoms with van der Waals surface area (Å²) in [5.74, 6) is 0.303. The maximum atomic E-state index is 12.1. The molecule has 0 aromatic carbocycles. The zero-order chi connectivity index (χ0) is 15.1. The molecule has 0 saturated carbocycles. The van der Waals surface area contributed by atoms with Crippen molar-refractivity contribution in [2.45, 2.75) is 39.0 Å². The van der Waals surface area contributed by atoms with Crippen molar-refractivity contribution in [1.29, 1.82) is 0 Å². The van der Waals surface area contributed by atoms with Crippen LogP contribution in [0.15, 0.2) is 5.38 Å². The van der Waals surface area contributed by atoms with Gasteiger partial charge in [-0.25, -0.2) is 4.98 Å². The van der Waals surface area contributed by atoms with Crippen LogP contribution in [0.1, 0.15) is 37.8 Å². The molecule has 2 rings (SSSR count). The molecule has 2 heterocycles. The Labute approximate surface area is 155 Å². The maximum Gasteiger partial charge on any atom is 0.222 e. The van der Waals surface area contributed by atoms with Gasteiger partial charge in [0.05, 0.1) is 5.69 Å². The summed E-state index contributed by atoms with van der Waals surface area (Å²) in [5, 5.41) is 3.16. The summed E-state index contributed by atoms with van der Waals surface area (Å²) in [7, 11) is 0. The Balaban J connectivity index is 0.00000242. The number of hydrogen-bond donors (Lipinski definition) is 1. The SMILES string of the molecule is Cc1csc(N2CCN(C(=O)CCCCCCN)CC2)n1.Cl.Cl. The molecule has 0 radical (unpaired) electrons. The number of unbranched alkanes of at least 4 members (excludes halogenated alkanes) is 3. The number of carbonyl (C=O) groups is 1. The third-order valence-corrected chi connectivity index (χ3v) is 4.87. The first-order valence-corrected chi connectivity index (χ1v) is 8.73. The first-order valence-electron chi connectivity index (χ1n) is 7.85. The molecule has 1 saturated heterocycles. The molecule has 1 aromatic heterocycles. The molecule has 0 aliphatic carbocycles. The number of thiazole rings is 1. The lowest BCUT2D eigenvalue weighted by molar-refractivity contribution is -0.131. The summed E-state index contributed by atoms with van der Waals surface area (Å²) in [4.78, 5) is 20.9. The lowest BCUT2D eigenvalue weighted by atomic mass is 10.1. The molecule has 1 fully saturated rings. The standard InChI is InChI=1S/C15H26N4OS.2ClH/c1-13-12-21-15(17-13)19-10-8-18(9-11-19)14(20)6-4-2-3-5-7-16;;/h12H,2-11,16H2,1H3;2*1H. The van der Waals surface area contributed by atoms with Gasteiger partial charge in [0.2, 0.25) is 5.91 Å². The average Bonchev–Trinajstić information content (AvgIpc) is 2.93. The van der Waals surface area contributed by atoms with Gasteiger partial charge in [-0.15, -0.1) is 36.2 Å². The number of amides is 1. The molecule has 0 bridgehead atoms. The Morgan fingerprint density at radius 3 is 2.39 bits per heavy atom. The first-order chi connectivity index (χ1) is 10.2. The molecular weight excluding hydrogens is 355 g/mol. The van der Waals surface area contributed by atoms with E-state index in [1.807, 2.05) is 11.8 Å². The molecule has 5 nitrogen and oxygen atoms in total. The second kappa shape index (κ2) is 11.9. The third kappa shape index (κ3) is 7.25. The Morgan fingerprint density at radius 1 is 1.17 bits per heavy atom. The number of nitrogens with zero attached hydrogens (tertiary/aromatic N) is 3. The molecule has 1 amide bonds. The summed E-state index contributed by atoms with van der Waals surface area (Å²) in [5.41, 5.74) is 6.54. The largest absolute Gasteiger partial charge is 0.345 e. The fraction of sp³-hybridized carbons (Fsp3) is 0.733. The Bertz CT molecular complexity index is 450. The van der Waals surface area contributed by atoms with Gasteiger partial charge in [-0.2, -0.15) is 0 Å². The monoisotopic (exact) mass is 382 g/mol. The number of halogens is 2. The van der Waals surface area contributed by atoms with Crippen LogP contribution in [0, 0.1) is 6.92 Å². The molecule has 1 aliphatic heterocycles. The van der Waals surface area contributed by atoms with E-state index in [4.69, 9.17) is 5.73 Å². The molecule has 23 heavy (non-hydrogen) atoms. The van der Waals surface area contributed by atoms with Gasteiger partial charge < -0.3 is 15.5 Å². The normalized spacial score (nSPS) is 14.2. The van der Waals surface area contributed by atoms with Crippen molar-refractivity contribution in [1.82, 2.24) is 9.88 Å². The molecule has 1 aromatic rings. The van der Waals surface area contributed by atoms with Crippen LogP contribution in [-0.2, 0) is 4.79 Å². The number of carbonyl (C=O) groups excluding carboxylic acids is 1. The summed E-state index contributed by atoms with van der Waals surface area (Å²) in [6.07, 6.45) is 4.99. The highest BCUT2D eigenvalue weighted by atomic mass is 35.5. The average molecular weight is 383 g/mol. The molecular formula is C15H28Cl2N4OS. The van der Waals surface area contributed by atoms with Gasteiger partial charge in [-0.05, 0) is 26.3 Å². The van der Waals surface area contributed by atoms with E-state index in [1.165, 1.54) is 0 Å². The molecule has 1 aliphatic rings. The maximum absolute atomic E-state index is 12.1. The van der Waals surface area contributed by atoms with Crippen LogP contribution in [0.2, 0.25) is 0 Å². The summed E-state index contributed by atoms with van der Waals surface area (Å²) >= 11 is 1.69. The highest BCUT2D eigenvalue weighted by Gasteiger charge is 2.22. The van der Waals surface area contributed by atoms with Crippen LogP contribution in [-0.4, -0.2) is 48.5 Å². The second-order valence-electron chi connectivity index (χ2n) is 5.59. The van der Waals surface area contributed by atoms with Crippen LogP contribution in [0.5, 0.6) is 0 Å². The van der Waals surface area contributed by atoms with Crippen LogP contribution < -0.4 is 10.6 Å². The van der Waals surface area contributed by atoms with E-state index in [1.54, 1.807) is 11.3 Å². The van der Waals surface area contributed by atoms with Gasteiger partial charge >= 0.3 is 0 Å². The number of piperazine rings is 1. The Hall–Kier alpha value is -0.560. The van der Waals surface area contributed by atoms with Crippen molar-refractivity contribution in [3.63, 3.8) is 0 Å². The minimum absolute atomic E-state index is 0. The molecule has 8 heteroatoms. The van der Waals surface area contributed by atoms with E-state index in [0.29, 0.717) is 12.3 Å². The molecule has 0 unspecified atom stereocenters. The molecule has 0 spiro atoms. The zero-order valence-corrected chi connectivity index (χ0v) is 16.1. The molecule has 134 valence electrons. The minimum atomic E-state index is 0. The van der Waals surface area contributed by atoms with Crippen LogP contribution in [0.25, 0.3) is 0 Å². The van der Waals surface area contributed by atoms with Crippen molar-refractivity contribution in [3.05, 3.63) is 11.1 Å². The van der Waals surface area contributed by atoms with Gasteiger partial charge in [0.1, 0.15) is 0 Å². The van der Waals surface area contributed by atoms with E-state index in [2.05, 4.69) is 15.3 Å². The van der Waals surface area contributed by atoms with Gasteiger partial charge in [0, 0.05) is 38.0 Å². The van der Waals surface area contributed by atoms with Crippen LogP contribution in [0.3, 0.4) is 0 Å². The van der Waals surface area contributed by atoms with E-state index < -0.39 is 0 Å². The second-order valence-corrected chi connectivity index (χ2v) is 6.43. The molecule has 2 N–H and O–H groups in total. The van der Waals surface area contributed by atoms with Gasteiger partial charge in [0.25, 0.3) is 0 Å². The Kier molecular flexibility index (Phi) is 11.6. The van der Waals surface area contributed by atoms with Crippen LogP contribution >= 0.6 is 36.2 Å². The highest BCUT2D eigenvalue weighted by molar-refractivity contribution is 7.13. The lowest BCUT2D eigenvalue weighted by Gasteiger charge is -2.34. The molecule has 0 atom stereocenters. The Morgan fingerprint density at radius 2 is 1.83 bits per heavy atom. The summed E-state index contributed by atoms with van der Waals surface area (Å²) < 4.78 is 0. The number of hydrogen-bond acceptors (Lipinski definition) is 5. The lowest BCUT2D eigenvalue weighted by Crippen LogP contribution is -2.48. The number of aromatic nitrogens is 1. The van der Waals surface area contributed by atoms with E-state index in [-0.39, 0.29) is 24.8 Å². The van der Waals surface area contributed by atoms with Gasteiger partial charge in [-0.3, -0.25) is 4.79 Å². The quantitative estimate of drug-likeness (QED) is 0.736. The van der Waals surface area contributed by atoms with Crippen molar-refractivity contribution in [3.8, 4) is 0 Å². The van der Waals surface area contributed by atoms with Crippen molar-refractivity contribution < 1.29 is 4.79 Å². The van der Waals surface area contributed by atoms with Gasteiger partial charge in [0.15, 0.2) is 5.13 Å². The number of rotatable bonds is 7. The minimum Gasteiger partial charge on any atom is -0.345 e. The summed E-state index contributed by atoms with van der Waals surface area (Å²) in [6, 6.07) is 0. The third-order valence-electron chi connectivity index (χ3n) is 3.85. The number of aryl methyl sites for hydroxylation is 1. The number of anilines is 1. The predicted molar refractivity (Wildman–Crippen MR) is 102 cm³/mol. The zero-order valence-electron chi connectivity index (χ0n) is 13.7. The van der Waals surface area contributed by atoms with Gasteiger partial charge in [-0.1, -0.05) is 12.8 Å². The van der Waals surface area contributed by atoms with Crippen molar-refractivity contribution in [2.75, 3.05) is 37.6 Å². The van der Waals surface area contributed by atoms with E-state index >= 15 is 0 Å². The predicted octanol–water partition coefficient (Wildman–Crippen LogP) is 2.85. The number of nitrogens with two attached hydrogens (primary N) is 1. The topological polar surface area (TPSA) is 62.5 Å². The first kappa shape index (κ1) is 22.4. The van der Waals surface area contributed by atoms with Crippen molar-refractivity contribution >= 4 is 47.2 Å². The highest BCUT2D eigenvalue weighted by Crippen LogP contribution is 2.21. The fourth-order valence-electron chi connectivity index (χ4n) is 2.57. The smallest absolute Gasteiger partial charge is 0.222 e.